The lowest BCUT2D eigenvalue weighted by molar-refractivity contribution is 0.0463. The van der Waals surface area contributed by atoms with Crippen LogP contribution in [0.2, 0.25) is 0 Å². The minimum Gasteiger partial charge on any atom is -0.332 e. The van der Waals surface area contributed by atoms with Crippen LogP contribution in [-0.2, 0) is 0 Å². The Labute approximate surface area is 138 Å². The maximum atomic E-state index is 12.3. The first-order chi connectivity index (χ1) is 11.8. The maximum Gasteiger partial charge on any atom is 0.365 e. The van der Waals surface area contributed by atoms with Gasteiger partial charge in [0.1, 0.15) is 0 Å². The summed E-state index contributed by atoms with van der Waals surface area (Å²) in [5, 5.41) is 0.907. The van der Waals surface area contributed by atoms with Crippen molar-refractivity contribution in [3.05, 3.63) is 90.9 Å². The molecular formula is C20H14N2O2. The van der Waals surface area contributed by atoms with Gasteiger partial charge in [0.2, 0.25) is 0 Å². The van der Waals surface area contributed by atoms with E-state index in [2.05, 4.69) is 4.98 Å². The smallest absolute Gasteiger partial charge is 0.332 e. The number of para-hydroxylation sites is 1. The number of carbonyl (C=O) groups excluding carboxylic acids is 1. The highest BCUT2D eigenvalue weighted by molar-refractivity contribution is 5.93. The highest BCUT2D eigenvalue weighted by Crippen LogP contribution is 2.19. The number of hydrogen-bond donors (Lipinski definition) is 0. The molecule has 0 saturated carbocycles. The summed E-state index contributed by atoms with van der Waals surface area (Å²) in [6, 6.07) is 21.3. The van der Waals surface area contributed by atoms with Gasteiger partial charge < -0.3 is 4.84 Å². The van der Waals surface area contributed by atoms with Gasteiger partial charge in [-0.2, -0.15) is 4.73 Å². The molecule has 0 aliphatic rings. The van der Waals surface area contributed by atoms with Crippen LogP contribution in [0.25, 0.3) is 22.0 Å². The number of fused-ring (bicyclic) bond motifs is 1. The molecule has 2 heterocycles. The first kappa shape index (κ1) is 14.2. The molecular weight excluding hydrogens is 300 g/mol. The van der Waals surface area contributed by atoms with E-state index < -0.39 is 5.97 Å². The summed E-state index contributed by atoms with van der Waals surface area (Å²) in [7, 11) is 0. The van der Waals surface area contributed by atoms with Gasteiger partial charge in [0.05, 0.1) is 17.3 Å². The molecule has 4 aromatic rings. The van der Waals surface area contributed by atoms with E-state index in [-0.39, 0.29) is 0 Å². The van der Waals surface area contributed by atoms with Crippen LogP contribution in [0, 0.1) is 0 Å². The van der Waals surface area contributed by atoms with E-state index in [4.69, 9.17) is 4.84 Å². The fourth-order valence-corrected chi connectivity index (χ4v) is 2.57. The van der Waals surface area contributed by atoms with Crippen LogP contribution in [0.3, 0.4) is 0 Å². The second-order valence-corrected chi connectivity index (χ2v) is 5.42. The van der Waals surface area contributed by atoms with Gasteiger partial charge in [0, 0.05) is 23.3 Å². The van der Waals surface area contributed by atoms with E-state index in [9.17, 15) is 4.79 Å². The van der Waals surface area contributed by atoms with Crippen LogP contribution in [0.15, 0.2) is 85.3 Å². The third kappa shape index (κ3) is 2.77. The molecule has 116 valence electrons. The number of nitrogens with zero attached hydrogens (tertiary/aromatic N) is 2. The Kier molecular flexibility index (Phi) is 3.56. The molecule has 0 radical (unpaired) electrons. The van der Waals surface area contributed by atoms with Gasteiger partial charge in [-0.1, -0.05) is 48.5 Å². The molecule has 0 bridgehead atoms. The minimum absolute atomic E-state index is 0.420. The predicted molar refractivity (Wildman–Crippen MR) is 92.5 cm³/mol. The molecule has 0 saturated heterocycles. The van der Waals surface area contributed by atoms with E-state index in [1.54, 1.807) is 18.5 Å². The number of benzene rings is 2. The lowest BCUT2D eigenvalue weighted by atomic mass is 10.1. The normalized spacial score (nSPS) is 10.7. The van der Waals surface area contributed by atoms with Crippen molar-refractivity contribution in [3.8, 4) is 11.1 Å². The molecule has 4 rings (SSSR count). The summed E-state index contributed by atoms with van der Waals surface area (Å²) in [4.78, 5) is 22.0. The zero-order valence-electron chi connectivity index (χ0n) is 12.8. The van der Waals surface area contributed by atoms with Crippen molar-refractivity contribution in [1.29, 1.82) is 0 Å². The minimum atomic E-state index is -0.441. The van der Waals surface area contributed by atoms with Gasteiger partial charge >= 0.3 is 5.97 Å². The summed E-state index contributed by atoms with van der Waals surface area (Å²) in [5.74, 6) is -0.441. The van der Waals surface area contributed by atoms with Gasteiger partial charge in [-0.15, -0.1) is 0 Å². The molecule has 2 aromatic carbocycles. The number of aromatic nitrogens is 2. The van der Waals surface area contributed by atoms with Crippen LogP contribution >= 0.6 is 0 Å². The molecule has 0 atom stereocenters. The zero-order valence-corrected chi connectivity index (χ0v) is 12.8. The molecule has 2 aromatic heterocycles. The average molecular weight is 314 g/mol. The van der Waals surface area contributed by atoms with Crippen LogP contribution < -0.4 is 4.84 Å². The first-order valence-electron chi connectivity index (χ1n) is 7.60. The van der Waals surface area contributed by atoms with Crippen LogP contribution in [0.5, 0.6) is 0 Å². The fourth-order valence-electron chi connectivity index (χ4n) is 2.57. The topological polar surface area (TPSA) is 44.1 Å². The SMILES string of the molecule is O=C(On1ccc(-c2ccccc2)c1)c1cnc2ccccc2c1. The molecule has 24 heavy (non-hydrogen) atoms. The molecule has 0 fully saturated rings. The number of hydrogen-bond acceptors (Lipinski definition) is 3. The Morgan fingerprint density at radius 2 is 1.71 bits per heavy atom. The summed E-state index contributed by atoms with van der Waals surface area (Å²) in [5.41, 5.74) is 3.32. The van der Waals surface area contributed by atoms with Crippen LogP contribution in [-0.4, -0.2) is 15.7 Å². The zero-order chi connectivity index (χ0) is 16.4. The Bertz CT molecular complexity index is 1010. The number of carbonyl (C=O) groups is 1. The molecule has 0 spiro atoms. The van der Waals surface area contributed by atoms with E-state index in [1.807, 2.05) is 60.7 Å². The highest BCUT2D eigenvalue weighted by atomic mass is 16.7. The van der Waals surface area contributed by atoms with E-state index >= 15 is 0 Å². The van der Waals surface area contributed by atoms with Crippen LogP contribution in [0.4, 0.5) is 0 Å². The Morgan fingerprint density at radius 3 is 2.58 bits per heavy atom. The van der Waals surface area contributed by atoms with Crippen LogP contribution in [0.1, 0.15) is 10.4 Å². The Balaban J connectivity index is 1.56. The van der Waals surface area contributed by atoms with E-state index in [0.29, 0.717) is 5.56 Å². The molecule has 0 unspecified atom stereocenters. The quantitative estimate of drug-likeness (QED) is 0.574. The van der Waals surface area contributed by atoms with Gasteiger partial charge in [-0.05, 0) is 23.8 Å². The van der Waals surface area contributed by atoms with E-state index in [1.165, 1.54) is 10.9 Å². The number of pyridine rings is 1. The largest absolute Gasteiger partial charge is 0.365 e. The lowest BCUT2D eigenvalue weighted by Gasteiger charge is -2.05. The van der Waals surface area contributed by atoms with Crippen molar-refractivity contribution >= 4 is 16.9 Å². The third-order valence-electron chi connectivity index (χ3n) is 3.79. The van der Waals surface area contributed by atoms with Crippen molar-refractivity contribution in [2.75, 3.05) is 0 Å². The van der Waals surface area contributed by atoms with Gasteiger partial charge in [0.25, 0.3) is 0 Å². The van der Waals surface area contributed by atoms with Crippen molar-refractivity contribution < 1.29 is 9.63 Å². The summed E-state index contributed by atoms with van der Waals surface area (Å²) < 4.78 is 1.42. The molecule has 0 aliphatic heterocycles. The maximum absolute atomic E-state index is 12.3. The monoisotopic (exact) mass is 314 g/mol. The standard InChI is InChI=1S/C20H14N2O2/c23-20(18-12-16-8-4-5-9-19(16)21-13-18)24-22-11-10-17(14-22)15-6-2-1-3-7-15/h1-14H. The average Bonchev–Trinajstić information content (AvgIpc) is 3.10. The van der Waals surface area contributed by atoms with Crippen molar-refractivity contribution in [1.82, 2.24) is 9.71 Å². The summed E-state index contributed by atoms with van der Waals surface area (Å²) in [6.07, 6.45) is 5.03. The third-order valence-corrected chi connectivity index (χ3v) is 3.79. The molecule has 0 N–H and O–H groups in total. The van der Waals surface area contributed by atoms with Gasteiger partial charge in [-0.3, -0.25) is 4.98 Å². The van der Waals surface area contributed by atoms with Gasteiger partial charge in [0.15, 0.2) is 0 Å². The Hall–Kier alpha value is -3.40. The van der Waals surface area contributed by atoms with Crippen molar-refractivity contribution in [2.24, 2.45) is 0 Å². The van der Waals surface area contributed by atoms with E-state index in [0.717, 1.165) is 22.0 Å². The predicted octanol–water partition coefficient (Wildman–Crippen LogP) is 3.97. The molecule has 0 aliphatic carbocycles. The second-order valence-electron chi connectivity index (χ2n) is 5.42. The second kappa shape index (κ2) is 6.01. The van der Waals surface area contributed by atoms with Gasteiger partial charge in [-0.25, -0.2) is 4.79 Å². The highest BCUT2D eigenvalue weighted by Gasteiger charge is 2.11. The summed E-state index contributed by atoms with van der Waals surface area (Å²) in [6.45, 7) is 0. The number of rotatable bonds is 3. The lowest BCUT2D eigenvalue weighted by Crippen LogP contribution is -2.18. The Morgan fingerprint density at radius 1 is 0.917 bits per heavy atom. The van der Waals surface area contributed by atoms with Crippen molar-refractivity contribution in [3.63, 3.8) is 0 Å². The molecule has 4 nitrogen and oxygen atoms in total. The molecule has 4 heteroatoms. The summed E-state index contributed by atoms with van der Waals surface area (Å²) >= 11 is 0. The van der Waals surface area contributed by atoms with Crippen molar-refractivity contribution in [2.45, 2.75) is 0 Å². The molecule has 0 amide bonds. The fraction of sp³-hybridized carbons (Fsp3) is 0. The first-order valence-corrected chi connectivity index (χ1v) is 7.60.